The van der Waals surface area contributed by atoms with Crippen LogP contribution in [-0.4, -0.2) is 43.3 Å². The van der Waals surface area contributed by atoms with E-state index in [1.54, 1.807) is 27.7 Å². The van der Waals surface area contributed by atoms with E-state index in [0.717, 1.165) is 11.0 Å². The first-order chi connectivity index (χ1) is 8.53. The van der Waals surface area contributed by atoms with Crippen molar-refractivity contribution in [2.24, 2.45) is 5.10 Å². The minimum Gasteiger partial charge on any atom is -0.462 e. The summed E-state index contributed by atoms with van der Waals surface area (Å²) in [6, 6.07) is 0. The quantitative estimate of drug-likeness (QED) is 0.278. The Balaban J connectivity index is 4.80. The standard InChI is InChI=1S/C10H21N2O5P/c1-5-12(11-9-10(13)15-6-2)18(14,16-7-3)17-8-4/h9H,5-8H2,1-4H3/b11-9+. The van der Waals surface area contributed by atoms with E-state index in [2.05, 4.69) is 9.84 Å². The SMILES string of the molecule is CCOC(=O)/C=N/N(CC)P(=O)(OCC)OCC. The molecule has 0 aromatic heterocycles. The molecule has 0 N–H and O–H groups in total. The fourth-order valence-corrected chi connectivity index (χ4v) is 2.63. The van der Waals surface area contributed by atoms with Crippen molar-refractivity contribution in [2.75, 3.05) is 26.4 Å². The maximum absolute atomic E-state index is 12.3. The molecule has 0 aliphatic rings. The first-order valence-corrected chi connectivity index (χ1v) is 7.41. The van der Waals surface area contributed by atoms with E-state index in [0.29, 0.717) is 0 Å². The number of hydrogen-bond donors (Lipinski definition) is 0. The van der Waals surface area contributed by atoms with E-state index >= 15 is 0 Å². The number of carbonyl (C=O) groups excluding carboxylic acids is 1. The van der Waals surface area contributed by atoms with Crippen LogP contribution in [0.1, 0.15) is 27.7 Å². The van der Waals surface area contributed by atoms with Crippen LogP contribution in [0, 0.1) is 0 Å². The van der Waals surface area contributed by atoms with Crippen LogP contribution in [0.2, 0.25) is 0 Å². The summed E-state index contributed by atoms with van der Waals surface area (Å²) in [6.45, 7) is 7.81. The molecule has 8 heteroatoms. The Morgan fingerprint density at radius 1 is 1.17 bits per heavy atom. The number of hydrazone groups is 1. The van der Waals surface area contributed by atoms with Crippen molar-refractivity contribution in [2.45, 2.75) is 27.7 Å². The summed E-state index contributed by atoms with van der Waals surface area (Å²) in [7, 11) is -3.48. The molecule has 0 aliphatic heterocycles. The minimum absolute atomic E-state index is 0.225. The smallest absolute Gasteiger partial charge is 0.450 e. The van der Waals surface area contributed by atoms with E-state index in [9.17, 15) is 9.36 Å². The third-order valence-electron chi connectivity index (χ3n) is 1.73. The normalized spacial score (nSPS) is 11.8. The van der Waals surface area contributed by atoms with Crippen molar-refractivity contribution < 1.29 is 23.1 Å². The highest BCUT2D eigenvalue weighted by atomic mass is 31.2. The molecule has 7 nitrogen and oxygen atoms in total. The van der Waals surface area contributed by atoms with E-state index in [1.807, 2.05) is 0 Å². The second-order valence-electron chi connectivity index (χ2n) is 2.99. The Kier molecular flexibility index (Phi) is 8.62. The first-order valence-electron chi connectivity index (χ1n) is 5.91. The van der Waals surface area contributed by atoms with E-state index < -0.39 is 13.7 Å². The lowest BCUT2D eigenvalue weighted by Crippen LogP contribution is -2.19. The summed E-state index contributed by atoms with van der Waals surface area (Å²) >= 11 is 0. The molecular weight excluding hydrogens is 259 g/mol. The highest BCUT2D eigenvalue weighted by molar-refractivity contribution is 7.51. The molecule has 0 aromatic rings. The van der Waals surface area contributed by atoms with Crippen molar-refractivity contribution in [3.63, 3.8) is 0 Å². The summed E-state index contributed by atoms with van der Waals surface area (Å²) in [6.07, 6.45) is 0.956. The van der Waals surface area contributed by atoms with Crippen LogP contribution >= 0.6 is 7.75 Å². The van der Waals surface area contributed by atoms with Gasteiger partial charge in [0, 0.05) is 6.54 Å². The molecule has 106 valence electrons. The molecule has 0 aromatic carbocycles. The van der Waals surface area contributed by atoms with Gasteiger partial charge in [-0.1, -0.05) is 0 Å². The largest absolute Gasteiger partial charge is 0.462 e. The molecule has 0 saturated heterocycles. The number of esters is 1. The summed E-state index contributed by atoms with van der Waals surface area (Å²) in [5, 5.41) is 3.79. The Bertz CT molecular complexity index is 311. The third-order valence-corrected chi connectivity index (χ3v) is 3.85. The summed E-state index contributed by atoms with van der Waals surface area (Å²) in [5.74, 6) is -0.601. The van der Waals surface area contributed by atoms with Crippen molar-refractivity contribution >= 4 is 19.9 Å². The van der Waals surface area contributed by atoms with Gasteiger partial charge in [-0.05, 0) is 27.7 Å². The molecule has 0 heterocycles. The van der Waals surface area contributed by atoms with Gasteiger partial charge in [0.15, 0.2) is 0 Å². The van der Waals surface area contributed by atoms with E-state index in [-0.39, 0.29) is 26.4 Å². The summed E-state index contributed by atoms with van der Waals surface area (Å²) in [5.41, 5.74) is 0. The monoisotopic (exact) mass is 280 g/mol. The molecule has 0 fully saturated rings. The highest BCUT2D eigenvalue weighted by Gasteiger charge is 2.31. The molecule has 0 radical (unpaired) electrons. The van der Waals surface area contributed by atoms with Gasteiger partial charge in [0.25, 0.3) is 0 Å². The Morgan fingerprint density at radius 3 is 2.11 bits per heavy atom. The van der Waals surface area contributed by atoms with E-state index in [1.165, 1.54) is 0 Å². The van der Waals surface area contributed by atoms with Crippen LogP contribution < -0.4 is 0 Å². The number of rotatable bonds is 9. The predicted octanol–water partition coefficient (Wildman–Crippen LogP) is 2.04. The Labute approximate surface area is 108 Å². The van der Waals surface area contributed by atoms with Gasteiger partial charge in [-0.2, -0.15) is 5.10 Å². The zero-order valence-corrected chi connectivity index (χ0v) is 12.2. The summed E-state index contributed by atoms with van der Waals surface area (Å²) in [4.78, 5) is 11.1. The average Bonchev–Trinajstić information content (AvgIpc) is 2.30. The molecule has 0 rings (SSSR count). The zero-order valence-electron chi connectivity index (χ0n) is 11.3. The molecule has 0 amide bonds. The van der Waals surface area contributed by atoms with Crippen LogP contribution in [0.5, 0.6) is 0 Å². The number of nitrogens with zero attached hydrogens (tertiary/aromatic N) is 2. The summed E-state index contributed by atoms with van der Waals surface area (Å²) < 4.78 is 28.4. The molecule has 0 unspecified atom stereocenters. The molecular formula is C10H21N2O5P. The van der Waals surface area contributed by atoms with Crippen LogP contribution in [0.3, 0.4) is 0 Å². The van der Waals surface area contributed by atoms with Gasteiger partial charge < -0.3 is 4.74 Å². The van der Waals surface area contributed by atoms with Crippen LogP contribution in [-0.2, 0) is 23.1 Å². The second-order valence-corrected chi connectivity index (χ2v) is 4.90. The van der Waals surface area contributed by atoms with Crippen LogP contribution in [0.25, 0.3) is 0 Å². The van der Waals surface area contributed by atoms with Crippen LogP contribution in [0.4, 0.5) is 0 Å². The highest BCUT2D eigenvalue weighted by Crippen LogP contribution is 2.51. The predicted molar refractivity (Wildman–Crippen MR) is 68.4 cm³/mol. The lowest BCUT2D eigenvalue weighted by atomic mass is 10.7. The topological polar surface area (TPSA) is 77.4 Å². The number of ether oxygens (including phenoxy) is 1. The van der Waals surface area contributed by atoms with Gasteiger partial charge in [0.2, 0.25) is 0 Å². The molecule has 0 spiro atoms. The average molecular weight is 280 g/mol. The lowest BCUT2D eigenvalue weighted by molar-refractivity contribution is -0.134. The zero-order chi connectivity index (χ0) is 14.0. The van der Waals surface area contributed by atoms with Gasteiger partial charge in [-0.15, -0.1) is 0 Å². The number of hydrogen-bond acceptors (Lipinski definition) is 6. The second kappa shape index (κ2) is 9.08. The molecule has 18 heavy (non-hydrogen) atoms. The fraction of sp³-hybridized carbons (Fsp3) is 0.800. The Morgan fingerprint density at radius 2 is 1.72 bits per heavy atom. The van der Waals surface area contributed by atoms with Crippen molar-refractivity contribution in [3.8, 4) is 0 Å². The Hall–Kier alpha value is -0.910. The molecule has 0 atom stereocenters. The van der Waals surface area contributed by atoms with Crippen molar-refractivity contribution in [1.82, 2.24) is 4.78 Å². The van der Waals surface area contributed by atoms with E-state index in [4.69, 9.17) is 9.05 Å². The van der Waals surface area contributed by atoms with Crippen molar-refractivity contribution in [1.29, 1.82) is 0 Å². The van der Waals surface area contributed by atoms with Gasteiger partial charge in [-0.25, -0.2) is 14.1 Å². The van der Waals surface area contributed by atoms with Gasteiger partial charge in [0.1, 0.15) is 6.21 Å². The maximum Gasteiger partial charge on any atom is 0.450 e. The van der Waals surface area contributed by atoms with Crippen molar-refractivity contribution in [3.05, 3.63) is 0 Å². The first kappa shape index (κ1) is 17.1. The maximum atomic E-state index is 12.3. The third kappa shape index (κ3) is 5.62. The fourth-order valence-electron chi connectivity index (χ4n) is 1.11. The van der Waals surface area contributed by atoms with Gasteiger partial charge in [-0.3, -0.25) is 9.05 Å². The molecule has 0 saturated carbocycles. The number of carbonyl (C=O) groups is 1. The lowest BCUT2D eigenvalue weighted by Gasteiger charge is -2.25. The molecule has 0 bridgehead atoms. The molecule has 0 aliphatic carbocycles. The van der Waals surface area contributed by atoms with Gasteiger partial charge >= 0.3 is 13.7 Å². The minimum atomic E-state index is -3.48. The van der Waals surface area contributed by atoms with Gasteiger partial charge in [0.05, 0.1) is 19.8 Å². The van der Waals surface area contributed by atoms with Crippen LogP contribution in [0.15, 0.2) is 5.10 Å².